The maximum Gasteiger partial charge on any atom is 0.407 e. The zero-order valence-corrected chi connectivity index (χ0v) is 20.3. The van der Waals surface area contributed by atoms with Crippen molar-refractivity contribution in [2.24, 2.45) is 11.8 Å². The zero-order valence-electron chi connectivity index (χ0n) is 20.3. The zero-order chi connectivity index (χ0) is 25.0. The van der Waals surface area contributed by atoms with Crippen LogP contribution in [0.1, 0.15) is 46.5 Å². The second kappa shape index (κ2) is 10.3. The van der Waals surface area contributed by atoms with E-state index in [-0.39, 0.29) is 11.9 Å². The molecule has 3 aromatic rings. The number of carbonyl (C=O) groups excluding carboxylic acids is 2. The number of hydrogen-bond acceptors (Lipinski definition) is 6. The maximum absolute atomic E-state index is 12.8. The lowest BCUT2D eigenvalue weighted by atomic mass is 9.82. The number of nitrogens with one attached hydrogen (secondary N) is 1. The fourth-order valence-electron chi connectivity index (χ4n) is 4.41. The second-order valence-corrected chi connectivity index (χ2v) is 10.0. The Bertz CT molecular complexity index is 1250. The van der Waals surface area contributed by atoms with E-state index in [2.05, 4.69) is 5.32 Å². The summed E-state index contributed by atoms with van der Waals surface area (Å²) in [5.74, 6) is 0.165. The summed E-state index contributed by atoms with van der Waals surface area (Å²) in [5, 5.41) is 3.59. The quantitative estimate of drug-likeness (QED) is 0.288. The molecule has 0 bridgehead atoms. The van der Waals surface area contributed by atoms with Gasteiger partial charge < -0.3 is 19.2 Å². The smallest absolute Gasteiger partial charge is 0.407 e. The Labute approximate surface area is 204 Å². The third-order valence-electron chi connectivity index (χ3n) is 6.13. The minimum atomic E-state index is -0.528. The molecule has 0 aliphatic heterocycles. The molecule has 0 saturated heterocycles. The minimum absolute atomic E-state index is 0.203. The van der Waals surface area contributed by atoms with Gasteiger partial charge in [0.1, 0.15) is 16.9 Å². The van der Waals surface area contributed by atoms with E-state index in [1.807, 2.05) is 57.2 Å². The van der Waals surface area contributed by atoms with Crippen LogP contribution in [-0.4, -0.2) is 24.2 Å². The van der Waals surface area contributed by atoms with E-state index >= 15 is 0 Å². The molecule has 0 spiro atoms. The van der Waals surface area contributed by atoms with Crippen molar-refractivity contribution in [1.29, 1.82) is 0 Å². The number of alkyl carbamates (subject to hydrolysis) is 1. The number of hydrogen-bond donors (Lipinski definition) is 1. The van der Waals surface area contributed by atoms with E-state index in [9.17, 15) is 14.4 Å². The van der Waals surface area contributed by atoms with Crippen molar-refractivity contribution < 1.29 is 23.5 Å². The molecule has 1 fully saturated rings. The van der Waals surface area contributed by atoms with Gasteiger partial charge >= 0.3 is 17.7 Å². The monoisotopic (exact) mass is 477 g/mol. The van der Waals surface area contributed by atoms with E-state index < -0.39 is 17.3 Å². The van der Waals surface area contributed by atoms with Crippen LogP contribution in [0.15, 0.2) is 63.8 Å². The first-order chi connectivity index (χ1) is 16.7. The highest BCUT2D eigenvalue weighted by Gasteiger charge is 2.28. The summed E-state index contributed by atoms with van der Waals surface area (Å²) >= 11 is 0. The summed E-state index contributed by atoms with van der Waals surface area (Å²) < 4.78 is 16.3. The number of carbonyl (C=O) groups is 2. The van der Waals surface area contributed by atoms with Gasteiger partial charge in [-0.1, -0.05) is 30.3 Å². The third kappa shape index (κ3) is 6.50. The Morgan fingerprint density at radius 3 is 2.40 bits per heavy atom. The predicted molar refractivity (Wildman–Crippen MR) is 133 cm³/mol. The summed E-state index contributed by atoms with van der Waals surface area (Å²) in [7, 11) is 0. The van der Waals surface area contributed by atoms with Crippen molar-refractivity contribution in [2.45, 2.75) is 52.1 Å². The Morgan fingerprint density at radius 1 is 1.00 bits per heavy atom. The molecular weight excluding hydrogens is 446 g/mol. The highest BCUT2D eigenvalue weighted by Crippen LogP contribution is 2.32. The minimum Gasteiger partial charge on any atom is -0.444 e. The van der Waals surface area contributed by atoms with E-state index in [1.54, 1.807) is 12.1 Å². The summed E-state index contributed by atoms with van der Waals surface area (Å²) in [4.78, 5) is 36.8. The Morgan fingerprint density at radius 2 is 1.71 bits per heavy atom. The van der Waals surface area contributed by atoms with Gasteiger partial charge in [0.2, 0.25) is 0 Å². The molecule has 1 heterocycles. The van der Waals surface area contributed by atoms with Crippen LogP contribution in [0, 0.1) is 11.8 Å². The molecule has 0 radical (unpaired) electrons. The molecule has 35 heavy (non-hydrogen) atoms. The van der Waals surface area contributed by atoms with Gasteiger partial charge in [0.15, 0.2) is 0 Å². The van der Waals surface area contributed by atoms with Gasteiger partial charge in [-0.15, -0.1) is 0 Å². The van der Waals surface area contributed by atoms with Crippen molar-refractivity contribution in [2.75, 3.05) is 6.54 Å². The van der Waals surface area contributed by atoms with Crippen molar-refractivity contribution >= 4 is 23.0 Å². The lowest BCUT2D eigenvalue weighted by Gasteiger charge is -2.28. The first kappa shape index (κ1) is 24.5. The lowest BCUT2D eigenvalue weighted by Crippen LogP contribution is -2.36. The number of esters is 1. The molecule has 1 aromatic heterocycles. The molecule has 4 rings (SSSR count). The molecule has 7 heteroatoms. The van der Waals surface area contributed by atoms with Crippen LogP contribution >= 0.6 is 0 Å². The van der Waals surface area contributed by atoms with Gasteiger partial charge in [-0.2, -0.15) is 0 Å². The van der Waals surface area contributed by atoms with Crippen LogP contribution in [0.25, 0.3) is 22.1 Å². The van der Waals surface area contributed by atoms with E-state index in [4.69, 9.17) is 13.9 Å². The SMILES string of the molecule is CC(C)(C)OC(=O)NCC1CCC(C(=O)Oc2ccc3c(-c4ccccc4)cc(=O)oc3c2)CC1. The van der Waals surface area contributed by atoms with Crippen LogP contribution in [0.5, 0.6) is 5.75 Å². The first-order valence-corrected chi connectivity index (χ1v) is 12.0. The standard InChI is InChI=1S/C28H31NO6/c1-28(2,3)35-27(32)29-17-18-9-11-20(12-10-18)26(31)33-21-13-14-22-23(19-7-5-4-6-8-19)16-25(30)34-24(22)15-21/h4-8,13-16,18,20H,9-12,17H2,1-3H3,(H,29,32). The van der Waals surface area contributed by atoms with Gasteiger partial charge in [0, 0.05) is 24.1 Å². The van der Waals surface area contributed by atoms with E-state index in [0.29, 0.717) is 36.6 Å². The van der Waals surface area contributed by atoms with Crippen molar-refractivity contribution in [3.63, 3.8) is 0 Å². The van der Waals surface area contributed by atoms with Crippen molar-refractivity contribution in [3.8, 4) is 16.9 Å². The van der Waals surface area contributed by atoms with Gasteiger partial charge in [-0.05, 0) is 75.6 Å². The van der Waals surface area contributed by atoms with Crippen LogP contribution in [0.2, 0.25) is 0 Å². The molecule has 1 saturated carbocycles. The molecule has 1 aliphatic rings. The Kier molecular flexibility index (Phi) is 7.24. The summed E-state index contributed by atoms with van der Waals surface area (Å²) in [5.41, 5.74) is 1.07. The number of fused-ring (bicyclic) bond motifs is 1. The number of benzene rings is 2. The molecule has 2 aromatic carbocycles. The normalized spacial score (nSPS) is 18.1. The molecule has 1 N–H and O–H groups in total. The highest BCUT2D eigenvalue weighted by atomic mass is 16.6. The van der Waals surface area contributed by atoms with E-state index in [0.717, 1.165) is 29.4 Å². The number of amides is 1. The first-order valence-electron chi connectivity index (χ1n) is 12.0. The van der Waals surface area contributed by atoms with Gasteiger partial charge in [0.25, 0.3) is 0 Å². The summed E-state index contributed by atoms with van der Waals surface area (Å²) in [6, 6.07) is 16.2. The molecule has 7 nitrogen and oxygen atoms in total. The second-order valence-electron chi connectivity index (χ2n) is 10.0. The molecule has 0 unspecified atom stereocenters. The molecular formula is C28H31NO6. The number of ether oxygens (including phenoxy) is 2. The predicted octanol–water partition coefficient (Wildman–Crippen LogP) is 5.70. The summed E-state index contributed by atoms with van der Waals surface area (Å²) in [6.45, 7) is 6.02. The van der Waals surface area contributed by atoms with Gasteiger partial charge in [-0.25, -0.2) is 9.59 Å². The third-order valence-corrected chi connectivity index (χ3v) is 6.13. The van der Waals surface area contributed by atoms with Crippen LogP contribution in [0.3, 0.4) is 0 Å². The van der Waals surface area contributed by atoms with Crippen LogP contribution in [-0.2, 0) is 9.53 Å². The fraction of sp³-hybridized carbons (Fsp3) is 0.393. The lowest BCUT2D eigenvalue weighted by molar-refractivity contribution is -0.140. The fourth-order valence-corrected chi connectivity index (χ4v) is 4.41. The highest BCUT2D eigenvalue weighted by molar-refractivity contribution is 5.94. The average molecular weight is 478 g/mol. The summed E-state index contributed by atoms with van der Waals surface area (Å²) in [6.07, 6.45) is 2.61. The van der Waals surface area contributed by atoms with Crippen molar-refractivity contribution in [3.05, 3.63) is 65.0 Å². The Balaban J connectivity index is 1.36. The Hall–Kier alpha value is -3.61. The molecule has 1 aliphatic carbocycles. The van der Waals surface area contributed by atoms with Crippen LogP contribution < -0.4 is 15.7 Å². The van der Waals surface area contributed by atoms with Crippen LogP contribution in [0.4, 0.5) is 4.79 Å². The maximum atomic E-state index is 12.8. The van der Waals surface area contributed by atoms with Gasteiger partial charge in [-0.3, -0.25) is 4.79 Å². The molecule has 0 atom stereocenters. The topological polar surface area (TPSA) is 94.8 Å². The number of rotatable bonds is 5. The molecule has 1 amide bonds. The largest absolute Gasteiger partial charge is 0.444 e. The average Bonchev–Trinajstić information content (AvgIpc) is 2.82. The van der Waals surface area contributed by atoms with Crippen molar-refractivity contribution in [1.82, 2.24) is 5.32 Å². The molecule has 184 valence electrons. The van der Waals surface area contributed by atoms with Gasteiger partial charge in [0.05, 0.1) is 5.92 Å². The van der Waals surface area contributed by atoms with E-state index in [1.165, 1.54) is 6.07 Å².